The Hall–Kier alpha value is -3.01. The number of carbonyl (C=O) groups is 1. The number of likely N-dealkylation sites (N-methyl/N-ethyl adjacent to an activating group) is 1. The minimum absolute atomic E-state index is 0.0413. The van der Waals surface area contributed by atoms with E-state index in [1.165, 1.54) is 48.3 Å². The number of thiazole rings is 1. The van der Waals surface area contributed by atoms with Crippen molar-refractivity contribution in [2.24, 2.45) is 0 Å². The van der Waals surface area contributed by atoms with Gasteiger partial charge in [-0.15, -0.1) is 11.3 Å². The number of hydrogen-bond acceptors (Lipinski definition) is 8. The lowest BCUT2D eigenvalue weighted by Crippen LogP contribution is -2.45. The summed E-state index contributed by atoms with van der Waals surface area (Å²) in [6, 6.07) is 1.85. The molecule has 0 bridgehead atoms. The van der Waals surface area contributed by atoms with Gasteiger partial charge in [0.15, 0.2) is 10.9 Å². The summed E-state index contributed by atoms with van der Waals surface area (Å²) >= 11 is 1.47. The second kappa shape index (κ2) is 8.98. The van der Waals surface area contributed by atoms with Gasteiger partial charge in [-0.25, -0.2) is 9.97 Å². The summed E-state index contributed by atoms with van der Waals surface area (Å²) in [4.78, 5) is 31.2. The van der Waals surface area contributed by atoms with Gasteiger partial charge in [-0.1, -0.05) is 12.8 Å². The predicted octanol–water partition coefficient (Wildman–Crippen LogP) is 4.18. The number of aromatic nitrogens is 5. The van der Waals surface area contributed by atoms with Crippen molar-refractivity contribution in [3.8, 4) is 0 Å². The standard InChI is InChI=1S/C24H30N8OS/c1-31(24-25-11-13-34-24)22(33)19-10-5-12-32(19)23-26-17-9-4-8-16(17)21(28-23)27-20-14-18(29-30-20)15-6-2-3-7-15/h11,13-15,19H,2-10,12H2,1H3,(H2,26,27,28,29,30)/t19-/m1/s1. The number of amides is 1. The first-order chi connectivity index (χ1) is 16.7. The molecule has 3 aromatic heterocycles. The third kappa shape index (κ3) is 3.93. The highest BCUT2D eigenvalue weighted by molar-refractivity contribution is 7.13. The van der Waals surface area contributed by atoms with Crippen LogP contribution in [0.1, 0.15) is 67.8 Å². The van der Waals surface area contributed by atoms with Crippen LogP contribution in [-0.4, -0.2) is 50.7 Å². The Labute approximate surface area is 203 Å². The van der Waals surface area contributed by atoms with Crippen LogP contribution >= 0.6 is 11.3 Å². The van der Waals surface area contributed by atoms with Crippen LogP contribution in [0.2, 0.25) is 0 Å². The Kier molecular flexibility index (Phi) is 5.68. The van der Waals surface area contributed by atoms with Crippen molar-refractivity contribution in [2.45, 2.75) is 69.7 Å². The van der Waals surface area contributed by atoms with Crippen molar-refractivity contribution in [3.05, 3.63) is 34.6 Å². The molecule has 4 heterocycles. The first-order valence-electron chi connectivity index (χ1n) is 12.3. The lowest BCUT2D eigenvalue weighted by atomic mass is 10.0. The van der Waals surface area contributed by atoms with Gasteiger partial charge in [0.05, 0.1) is 5.69 Å². The van der Waals surface area contributed by atoms with Crippen LogP contribution in [-0.2, 0) is 17.6 Å². The minimum atomic E-state index is -0.277. The summed E-state index contributed by atoms with van der Waals surface area (Å²) in [5, 5.41) is 13.8. The van der Waals surface area contributed by atoms with E-state index in [-0.39, 0.29) is 11.9 Å². The maximum Gasteiger partial charge on any atom is 0.251 e. The Morgan fingerprint density at radius 3 is 2.88 bits per heavy atom. The molecule has 178 valence electrons. The van der Waals surface area contributed by atoms with E-state index in [1.54, 1.807) is 18.1 Å². The zero-order valence-electron chi connectivity index (χ0n) is 19.5. The smallest absolute Gasteiger partial charge is 0.251 e. The summed E-state index contributed by atoms with van der Waals surface area (Å²) in [6.07, 6.45) is 11.5. The lowest BCUT2D eigenvalue weighted by molar-refractivity contribution is -0.119. The Morgan fingerprint density at radius 2 is 2.06 bits per heavy atom. The van der Waals surface area contributed by atoms with Crippen LogP contribution in [0.15, 0.2) is 17.6 Å². The second-order valence-electron chi connectivity index (χ2n) is 9.53. The maximum absolute atomic E-state index is 13.3. The SMILES string of the molecule is CN(C(=O)[C@H]1CCCN1c1nc2c(c(Nc3cc(C4CCCC4)[nH]n3)n1)CCC2)c1nccs1. The molecular formula is C24H30N8OS. The molecule has 1 atom stereocenters. The molecule has 1 aliphatic heterocycles. The molecule has 1 amide bonds. The molecule has 1 saturated carbocycles. The highest BCUT2D eigenvalue weighted by Crippen LogP contribution is 2.36. The molecule has 6 rings (SSSR count). The third-order valence-corrected chi connectivity index (χ3v) is 8.24. The number of rotatable bonds is 6. The van der Waals surface area contributed by atoms with Gasteiger partial charge in [-0.3, -0.25) is 14.8 Å². The highest BCUT2D eigenvalue weighted by atomic mass is 32.1. The number of nitrogens with one attached hydrogen (secondary N) is 2. The van der Waals surface area contributed by atoms with Crippen molar-refractivity contribution in [1.82, 2.24) is 25.1 Å². The quantitative estimate of drug-likeness (QED) is 0.548. The van der Waals surface area contributed by atoms with Gasteiger partial charge in [0.25, 0.3) is 5.91 Å². The van der Waals surface area contributed by atoms with E-state index < -0.39 is 0 Å². The van der Waals surface area contributed by atoms with Crippen LogP contribution in [0.4, 0.5) is 22.7 Å². The summed E-state index contributed by atoms with van der Waals surface area (Å²) in [5.74, 6) is 2.89. The molecule has 0 spiro atoms. The van der Waals surface area contributed by atoms with Crippen molar-refractivity contribution >= 4 is 40.0 Å². The molecule has 2 aliphatic carbocycles. The fourth-order valence-corrected chi connectivity index (χ4v) is 6.19. The Bertz CT molecular complexity index is 1170. The Balaban J connectivity index is 1.27. The number of aromatic amines is 1. The van der Waals surface area contributed by atoms with Crippen LogP contribution in [0.5, 0.6) is 0 Å². The van der Waals surface area contributed by atoms with E-state index in [9.17, 15) is 4.79 Å². The van der Waals surface area contributed by atoms with E-state index in [0.29, 0.717) is 17.0 Å². The zero-order chi connectivity index (χ0) is 23.1. The first kappa shape index (κ1) is 21.5. The summed E-state index contributed by atoms with van der Waals surface area (Å²) in [5.41, 5.74) is 3.47. The first-order valence-corrected chi connectivity index (χ1v) is 13.2. The van der Waals surface area contributed by atoms with Crippen molar-refractivity contribution in [1.29, 1.82) is 0 Å². The molecule has 2 N–H and O–H groups in total. The van der Waals surface area contributed by atoms with Gasteiger partial charge in [0, 0.05) is 48.4 Å². The topological polar surface area (TPSA) is 103 Å². The molecule has 0 aromatic carbocycles. The van der Waals surface area contributed by atoms with Gasteiger partial charge < -0.3 is 10.2 Å². The number of carbonyl (C=O) groups excluding carboxylic acids is 1. The van der Waals surface area contributed by atoms with Crippen LogP contribution < -0.4 is 15.1 Å². The lowest BCUT2D eigenvalue weighted by Gasteiger charge is -2.27. The van der Waals surface area contributed by atoms with Crippen LogP contribution in [0.25, 0.3) is 0 Å². The number of nitrogens with zero attached hydrogens (tertiary/aromatic N) is 6. The summed E-state index contributed by atoms with van der Waals surface area (Å²) in [7, 11) is 1.80. The predicted molar refractivity (Wildman–Crippen MR) is 133 cm³/mol. The van der Waals surface area contributed by atoms with E-state index in [0.717, 1.165) is 56.0 Å². The molecule has 0 unspecified atom stereocenters. The van der Waals surface area contributed by atoms with Crippen molar-refractivity contribution < 1.29 is 4.79 Å². The molecular weight excluding hydrogens is 448 g/mol. The molecule has 0 radical (unpaired) electrons. The molecule has 2 fully saturated rings. The van der Waals surface area contributed by atoms with Gasteiger partial charge in [-0.05, 0) is 44.9 Å². The third-order valence-electron chi connectivity index (χ3n) is 7.39. The van der Waals surface area contributed by atoms with Crippen molar-refractivity contribution in [3.63, 3.8) is 0 Å². The van der Waals surface area contributed by atoms with E-state index in [1.807, 2.05) is 5.38 Å². The van der Waals surface area contributed by atoms with Crippen LogP contribution in [0, 0.1) is 0 Å². The van der Waals surface area contributed by atoms with Crippen LogP contribution in [0.3, 0.4) is 0 Å². The number of hydrogen-bond donors (Lipinski definition) is 2. The molecule has 9 nitrogen and oxygen atoms in total. The van der Waals surface area contributed by atoms with Gasteiger partial charge in [0.2, 0.25) is 5.95 Å². The maximum atomic E-state index is 13.3. The van der Waals surface area contributed by atoms with Gasteiger partial charge >= 0.3 is 0 Å². The normalized spacial score (nSPS) is 20.1. The number of aryl methyl sites for hydroxylation is 1. The molecule has 1 saturated heterocycles. The zero-order valence-corrected chi connectivity index (χ0v) is 20.3. The minimum Gasteiger partial charge on any atom is -0.329 e. The number of anilines is 4. The molecule has 34 heavy (non-hydrogen) atoms. The van der Waals surface area contributed by atoms with E-state index in [2.05, 4.69) is 31.5 Å². The highest BCUT2D eigenvalue weighted by Gasteiger charge is 2.36. The summed E-state index contributed by atoms with van der Waals surface area (Å²) in [6.45, 7) is 0.772. The Morgan fingerprint density at radius 1 is 1.18 bits per heavy atom. The van der Waals surface area contributed by atoms with Crippen molar-refractivity contribution in [2.75, 3.05) is 28.7 Å². The number of fused-ring (bicyclic) bond motifs is 1. The average molecular weight is 479 g/mol. The van der Waals surface area contributed by atoms with E-state index >= 15 is 0 Å². The van der Waals surface area contributed by atoms with Gasteiger partial charge in [-0.2, -0.15) is 10.1 Å². The summed E-state index contributed by atoms with van der Waals surface area (Å²) < 4.78 is 0. The fraction of sp³-hybridized carbons (Fsp3) is 0.542. The number of H-pyrrole nitrogens is 1. The monoisotopic (exact) mass is 478 g/mol. The molecule has 10 heteroatoms. The molecule has 3 aliphatic rings. The average Bonchev–Trinajstić information content (AvgIpc) is 3.68. The van der Waals surface area contributed by atoms with Gasteiger partial charge in [0.1, 0.15) is 11.9 Å². The van der Waals surface area contributed by atoms with E-state index in [4.69, 9.17) is 9.97 Å². The largest absolute Gasteiger partial charge is 0.329 e. The second-order valence-corrected chi connectivity index (χ2v) is 10.4. The molecule has 3 aromatic rings. The fourth-order valence-electron chi connectivity index (χ4n) is 5.58.